The van der Waals surface area contributed by atoms with E-state index in [1.54, 1.807) is 6.92 Å². The molecule has 0 radical (unpaired) electrons. The van der Waals surface area contributed by atoms with Gasteiger partial charge in [-0.2, -0.15) is 8.42 Å². The third-order valence-corrected chi connectivity index (χ3v) is 4.57. The third-order valence-electron chi connectivity index (χ3n) is 2.09. The van der Waals surface area contributed by atoms with Crippen molar-refractivity contribution in [2.24, 2.45) is 0 Å². The van der Waals surface area contributed by atoms with Gasteiger partial charge in [-0.1, -0.05) is 18.5 Å². The SMILES string of the molecule is CCC1(Cl)C=C(Cl)C(Cl)C(S(=O)(=O)O)=C1. The molecule has 86 valence electrons. The fourth-order valence-electron chi connectivity index (χ4n) is 1.20. The lowest BCUT2D eigenvalue weighted by Crippen LogP contribution is -2.26. The molecule has 15 heavy (non-hydrogen) atoms. The Hall–Kier alpha value is 0.260. The molecule has 1 aliphatic carbocycles. The van der Waals surface area contributed by atoms with Crippen LogP contribution in [0.1, 0.15) is 13.3 Å². The molecule has 0 aromatic carbocycles. The second-order valence-electron chi connectivity index (χ2n) is 3.19. The average molecular weight is 292 g/mol. The van der Waals surface area contributed by atoms with Crippen LogP contribution < -0.4 is 0 Å². The Morgan fingerprint density at radius 1 is 1.53 bits per heavy atom. The minimum absolute atomic E-state index is 0.101. The highest BCUT2D eigenvalue weighted by Gasteiger charge is 2.35. The summed E-state index contributed by atoms with van der Waals surface area (Å²) in [6.45, 7) is 1.76. The van der Waals surface area contributed by atoms with Gasteiger partial charge in [0.25, 0.3) is 10.1 Å². The van der Waals surface area contributed by atoms with Crippen LogP contribution in [0.4, 0.5) is 0 Å². The molecule has 0 bridgehead atoms. The van der Waals surface area contributed by atoms with Crippen LogP contribution in [0.3, 0.4) is 0 Å². The van der Waals surface area contributed by atoms with Gasteiger partial charge in [0.2, 0.25) is 0 Å². The fraction of sp³-hybridized carbons (Fsp3) is 0.500. The summed E-state index contributed by atoms with van der Waals surface area (Å²) < 4.78 is 30.9. The Kier molecular flexibility index (Phi) is 3.78. The Balaban J connectivity index is 3.29. The average Bonchev–Trinajstić information content (AvgIpc) is 2.10. The number of halogens is 3. The molecule has 2 atom stereocenters. The first-order chi connectivity index (χ1) is 6.69. The third kappa shape index (κ3) is 2.88. The monoisotopic (exact) mass is 290 g/mol. The topological polar surface area (TPSA) is 54.4 Å². The summed E-state index contributed by atoms with van der Waals surface area (Å²) >= 11 is 17.5. The highest BCUT2D eigenvalue weighted by Crippen LogP contribution is 2.38. The van der Waals surface area contributed by atoms with Crippen molar-refractivity contribution in [2.75, 3.05) is 0 Å². The molecular weight excluding hydrogens is 283 g/mol. The van der Waals surface area contributed by atoms with Gasteiger partial charge in [0, 0.05) is 5.03 Å². The van der Waals surface area contributed by atoms with Gasteiger partial charge < -0.3 is 0 Å². The maximum Gasteiger partial charge on any atom is 0.292 e. The van der Waals surface area contributed by atoms with Crippen molar-refractivity contribution in [3.05, 3.63) is 22.1 Å². The number of allylic oxidation sites excluding steroid dienone is 4. The standard InChI is InChI=1S/C8H9Cl3O3S/c1-2-8(11)3-5(9)7(10)6(4-8)15(12,13)14/h3-4,7H,2H2,1H3,(H,12,13,14). The van der Waals surface area contributed by atoms with Crippen molar-refractivity contribution < 1.29 is 13.0 Å². The highest BCUT2D eigenvalue weighted by atomic mass is 35.5. The first kappa shape index (κ1) is 13.3. The summed E-state index contributed by atoms with van der Waals surface area (Å²) in [4.78, 5) is -1.37. The van der Waals surface area contributed by atoms with E-state index in [-0.39, 0.29) is 9.94 Å². The quantitative estimate of drug-likeness (QED) is 0.629. The van der Waals surface area contributed by atoms with Crippen LogP contribution in [0.25, 0.3) is 0 Å². The van der Waals surface area contributed by atoms with Crippen LogP contribution in [0.2, 0.25) is 0 Å². The minimum Gasteiger partial charge on any atom is -0.282 e. The maximum atomic E-state index is 11.0. The zero-order valence-electron chi connectivity index (χ0n) is 7.75. The van der Waals surface area contributed by atoms with Crippen molar-refractivity contribution in [1.82, 2.24) is 0 Å². The summed E-state index contributed by atoms with van der Waals surface area (Å²) in [6.07, 6.45) is 3.13. The molecule has 7 heteroatoms. The molecule has 2 unspecified atom stereocenters. The maximum absolute atomic E-state index is 11.0. The van der Waals surface area contributed by atoms with Gasteiger partial charge in [-0.05, 0) is 18.6 Å². The van der Waals surface area contributed by atoms with Crippen LogP contribution in [0.5, 0.6) is 0 Å². The number of hydrogen-bond acceptors (Lipinski definition) is 2. The molecule has 3 nitrogen and oxygen atoms in total. The smallest absolute Gasteiger partial charge is 0.282 e. The largest absolute Gasteiger partial charge is 0.292 e. The van der Waals surface area contributed by atoms with E-state index in [1.165, 1.54) is 12.2 Å². The molecule has 0 aliphatic heterocycles. The van der Waals surface area contributed by atoms with E-state index in [9.17, 15) is 8.42 Å². The van der Waals surface area contributed by atoms with Crippen molar-refractivity contribution in [1.29, 1.82) is 0 Å². The molecule has 0 saturated carbocycles. The fourth-order valence-corrected chi connectivity index (χ4v) is 3.14. The van der Waals surface area contributed by atoms with Crippen molar-refractivity contribution >= 4 is 44.9 Å². The highest BCUT2D eigenvalue weighted by molar-refractivity contribution is 7.90. The zero-order valence-corrected chi connectivity index (χ0v) is 10.8. The van der Waals surface area contributed by atoms with Gasteiger partial charge in [-0.15, -0.1) is 23.2 Å². The second-order valence-corrected chi connectivity index (χ2v) is 6.19. The van der Waals surface area contributed by atoms with Crippen molar-refractivity contribution in [3.8, 4) is 0 Å². The molecule has 0 heterocycles. The van der Waals surface area contributed by atoms with Gasteiger partial charge in [0.05, 0.1) is 9.78 Å². The number of hydrogen-bond donors (Lipinski definition) is 1. The first-order valence-corrected chi connectivity index (χ1v) is 6.74. The summed E-state index contributed by atoms with van der Waals surface area (Å²) in [5, 5.41) is -0.969. The van der Waals surface area contributed by atoms with E-state index in [0.29, 0.717) is 6.42 Å². The van der Waals surface area contributed by atoms with E-state index >= 15 is 0 Å². The van der Waals surface area contributed by atoms with Crippen LogP contribution in [0.15, 0.2) is 22.1 Å². The van der Waals surface area contributed by atoms with Crippen LogP contribution in [-0.4, -0.2) is 23.2 Å². The Labute approximate surface area is 103 Å². The molecule has 0 aromatic heterocycles. The minimum atomic E-state index is -4.37. The van der Waals surface area contributed by atoms with Crippen molar-refractivity contribution in [2.45, 2.75) is 23.6 Å². The van der Waals surface area contributed by atoms with Gasteiger partial charge in [-0.25, -0.2) is 0 Å². The molecular formula is C8H9Cl3O3S. The Morgan fingerprint density at radius 3 is 2.47 bits per heavy atom. The molecule has 0 aromatic rings. The second kappa shape index (κ2) is 4.26. The predicted octanol–water partition coefficient (Wildman–Crippen LogP) is 2.89. The van der Waals surface area contributed by atoms with E-state index < -0.39 is 20.4 Å². The lowest BCUT2D eigenvalue weighted by Gasteiger charge is -2.26. The molecule has 0 amide bonds. The molecule has 0 spiro atoms. The summed E-state index contributed by atoms with van der Waals surface area (Å²) in [5.41, 5.74) is 0. The summed E-state index contributed by atoms with van der Waals surface area (Å²) in [7, 11) is -4.37. The normalized spacial score (nSPS) is 32.2. The molecule has 1 rings (SSSR count). The van der Waals surface area contributed by atoms with Crippen LogP contribution >= 0.6 is 34.8 Å². The number of rotatable bonds is 2. The lowest BCUT2D eigenvalue weighted by atomic mass is 9.99. The van der Waals surface area contributed by atoms with E-state index in [1.807, 2.05) is 0 Å². The number of alkyl halides is 2. The molecule has 1 N–H and O–H groups in total. The molecule has 0 saturated heterocycles. The van der Waals surface area contributed by atoms with Gasteiger partial charge in [0.1, 0.15) is 5.38 Å². The predicted molar refractivity (Wildman–Crippen MR) is 62.1 cm³/mol. The Bertz CT molecular complexity index is 426. The van der Waals surface area contributed by atoms with Crippen LogP contribution in [0, 0.1) is 0 Å². The zero-order chi connectivity index (χ0) is 11.9. The van der Waals surface area contributed by atoms with Crippen LogP contribution in [-0.2, 0) is 10.1 Å². The van der Waals surface area contributed by atoms with Gasteiger partial charge in [0.15, 0.2) is 0 Å². The Morgan fingerprint density at radius 2 is 2.07 bits per heavy atom. The first-order valence-electron chi connectivity index (χ1n) is 4.11. The van der Waals surface area contributed by atoms with Gasteiger partial charge in [-0.3, -0.25) is 4.55 Å². The lowest BCUT2D eigenvalue weighted by molar-refractivity contribution is 0.489. The van der Waals surface area contributed by atoms with E-state index in [4.69, 9.17) is 39.4 Å². The van der Waals surface area contributed by atoms with Gasteiger partial charge >= 0.3 is 0 Å². The van der Waals surface area contributed by atoms with E-state index in [0.717, 1.165) is 0 Å². The van der Waals surface area contributed by atoms with Crippen molar-refractivity contribution in [3.63, 3.8) is 0 Å². The molecule has 1 aliphatic rings. The summed E-state index contributed by atoms with van der Waals surface area (Å²) in [5.74, 6) is 0. The molecule has 0 fully saturated rings. The summed E-state index contributed by atoms with van der Waals surface area (Å²) in [6, 6.07) is 0. The van der Waals surface area contributed by atoms with E-state index in [2.05, 4.69) is 0 Å².